The number of piperidine rings is 1. The van der Waals surface area contributed by atoms with E-state index in [2.05, 4.69) is 6.92 Å². The molecule has 1 atom stereocenters. The first-order valence-corrected chi connectivity index (χ1v) is 7.39. The molecule has 0 N–H and O–H groups in total. The maximum atomic E-state index is 13.9. The van der Waals surface area contributed by atoms with Crippen molar-refractivity contribution in [1.29, 1.82) is 0 Å². The minimum Gasteiger partial charge on any atom is -0.341 e. The molecule has 1 aliphatic rings. The molecule has 2 amide bonds. The molecule has 0 aliphatic carbocycles. The number of hydrogen-bond donors (Lipinski definition) is 0. The van der Waals surface area contributed by atoms with Crippen molar-refractivity contribution >= 4 is 17.5 Å². The Hall–Kier alpha value is -1.98. The number of likely N-dealkylation sites (tertiary alicyclic amines) is 1. The van der Waals surface area contributed by atoms with Crippen molar-refractivity contribution in [2.24, 2.45) is 5.92 Å². The molecule has 1 heterocycles. The summed E-state index contributed by atoms with van der Waals surface area (Å²) in [6, 6.07) is 2.96. The number of benzene rings is 1. The first-order chi connectivity index (χ1) is 10.4. The van der Waals surface area contributed by atoms with E-state index >= 15 is 0 Å². The summed E-state index contributed by atoms with van der Waals surface area (Å²) in [6.07, 6.45) is 2.00. The lowest BCUT2D eigenvalue weighted by molar-refractivity contribution is -0.132. The van der Waals surface area contributed by atoms with Gasteiger partial charge in [0, 0.05) is 26.1 Å². The van der Waals surface area contributed by atoms with Gasteiger partial charge in [-0.2, -0.15) is 0 Å². The number of halogens is 2. The van der Waals surface area contributed by atoms with Crippen molar-refractivity contribution in [2.45, 2.75) is 26.7 Å². The minimum absolute atomic E-state index is 0.0766. The van der Waals surface area contributed by atoms with E-state index in [0.29, 0.717) is 25.1 Å². The smallest absolute Gasteiger partial charge is 0.242 e. The van der Waals surface area contributed by atoms with Crippen LogP contribution in [0.3, 0.4) is 0 Å². The average molecular weight is 310 g/mol. The molecular formula is C16H20F2N2O2. The zero-order valence-electron chi connectivity index (χ0n) is 12.8. The van der Waals surface area contributed by atoms with Gasteiger partial charge in [0.05, 0.1) is 5.69 Å². The van der Waals surface area contributed by atoms with Gasteiger partial charge in [-0.25, -0.2) is 8.78 Å². The fraction of sp³-hybridized carbons (Fsp3) is 0.500. The van der Waals surface area contributed by atoms with Crippen molar-refractivity contribution in [3.63, 3.8) is 0 Å². The molecule has 120 valence electrons. The van der Waals surface area contributed by atoms with E-state index in [9.17, 15) is 18.4 Å². The Kier molecular flexibility index (Phi) is 5.11. The SMILES string of the molecule is CC(=O)N(CC(=O)N1CCCC(C)C1)c1ccc(F)cc1F. The van der Waals surface area contributed by atoms with Crippen molar-refractivity contribution in [1.82, 2.24) is 4.90 Å². The average Bonchev–Trinajstić information content (AvgIpc) is 2.45. The van der Waals surface area contributed by atoms with E-state index < -0.39 is 17.5 Å². The lowest BCUT2D eigenvalue weighted by Crippen LogP contribution is -2.46. The van der Waals surface area contributed by atoms with Crippen LogP contribution in [0.25, 0.3) is 0 Å². The molecule has 0 radical (unpaired) electrons. The Morgan fingerprint density at radius 1 is 1.36 bits per heavy atom. The van der Waals surface area contributed by atoms with E-state index in [1.807, 2.05) is 0 Å². The summed E-state index contributed by atoms with van der Waals surface area (Å²) in [6.45, 7) is 4.40. The summed E-state index contributed by atoms with van der Waals surface area (Å²) in [4.78, 5) is 26.9. The van der Waals surface area contributed by atoms with Crippen LogP contribution >= 0.6 is 0 Å². The Balaban J connectivity index is 2.15. The first-order valence-electron chi connectivity index (χ1n) is 7.39. The van der Waals surface area contributed by atoms with Gasteiger partial charge in [0.1, 0.15) is 18.2 Å². The largest absolute Gasteiger partial charge is 0.341 e. The molecule has 0 bridgehead atoms. The van der Waals surface area contributed by atoms with Gasteiger partial charge in [0.25, 0.3) is 0 Å². The molecule has 0 aromatic heterocycles. The van der Waals surface area contributed by atoms with Crippen LogP contribution < -0.4 is 4.90 Å². The van der Waals surface area contributed by atoms with Gasteiger partial charge in [-0.1, -0.05) is 6.92 Å². The Bertz CT molecular complexity index is 577. The number of rotatable bonds is 3. The maximum absolute atomic E-state index is 13.9. The number of amides is 2. The van der Waals surface area contributed by atoms with Gasteiger partial charge in [-0.3, -0.25) is 9.59 Å². The molecule has 1 aromatic rings. The van der Waals surface area contributed by atoms with Crippen LogP contribution in [0.1, 0.15) is 26.7 Å². The normalized spacial score (nSPS) is 18.2. The highest BCUT2D eigenvalue weighted by Crippen LogP contribution is 2.21. The molecule has 0 spiro atoms. The lowest BCUT2D eigenvalue weighted by atomic mass is 10.0. The van der Waals surface area contributed by atoms with E-state index in [1.165, 1.54) is 13.0 Å². The minimum atomic E-state index is -0.852. The molecular weight excluding hydrogens is 290 g/mol. The summed E-state index contributed by atoms with van der Waals surface area (Å²) in [5, 5.41) is 0. The molecule has 1 fully saturated rings. The van der Waals surface area contributed by atoms with Crippen LogP contribution in [0.2, 0.25) is 0 Å². The topological polar surface area (TPSA) is 40.6 Å². The highest BCUT2D eigenvalue weighted by atomic mass is 19.1. The molecule has 6 heteroatoms. The number of carbonyl (C=O) groups excluding carboxylic acids is 2. The third-order valence-corrected chi connectivity index (χ3v) is 3.88. The van der Waals surface area contributed by atoms with Crippen molar-refractivity contribution < 1.29 is 18.4 Å². The molecule has 1 aliphatic heterocycles. The highest BCUT2D eigenvalue weighted by Gasteiger charge is 2.25. The Morgan fingerprint density at radius 2 is 2.09 bits per heavy atom. The van der Waals surface area contributed by atoms with Gasteiger partial charge < -0.3 is 9.80 Å². The zero-order chi connectivity index (χ0) is 16.3. The summed E-state index contributed by atoms with van der Waals surface area (Å²) >= 11 is 0. The van der Waals surface area contributed by atoms with Crippen LogP contribution in [-0.2, 0) is 9.59 Å². The number of nitrogens with zero attached hydrogens (tertiary/aromatic N) is 2. The van der Waals surface area contributed by atoms with Crippen molar-refractivity contribution in [2.75, 3.05) is 24.5 Å². The Labute approximate surface area is 128 Å². The Morgan fingerprint density at radius 3 is 2.68 bits per heavy atom. The molecule has 1 saturated heterocycles. The molecule has 22 heavy (non-hydrogen) atoms. The van der Waals surface area contributed by atoms with Gasteiger partial charge >= 0.3 is 0 Å². The second-order valence-electron chi connectivity index (χ2n) is 5.79. The summed E-state index contributed by atoms with van der Waals surface area (Å²) in [7, 11) is 0. The molecule has 0 saturated carbocycles. The van der Waals surface area contributed by atoms with Crippen LogP contribution in [0, 0.1) is 17.6 Å². The standard InChI is InChI=1S/C16H20F2N2O2/c1-11-4-3-7-19(9-11)16(22)10-20(12(2)21)15-6-5-13(17)8-14(15)18/h5-6,8,11H,3-4,7,9-10H2,1-2H3. The van der Waals surface area contributed by atoms with Crippen LogP contribution in [-0.4, -0.2) is 36.3 Å². The number of carbonyl (C=O) groups is 2. The van der Waals surface area contributed by atoms with Gasteiger partial charge in [-0.15, -0.1) is 0 Å². The van der Waals surface area contributed by atoms with Gasteiger partial charge in [0.2, 0.25) is 11.8 Å². The van der Waals surface area contributed by atoms with Gasteiger partial charge in [-0.05, 0) is 30.9 Å². The van der Waals surface area contributed by atoms with E-state index in [4.69, 9.17) is 0 Å². The fourth-order valence-corrected chi connectivity index (χ4v) is 2.72. The fourth-order valence-electron chi connectivity index (χ4n) is 2.72. The van der Waals surface area contributed by atoms with Crippen molar-refractivity contribution in [3.8, 4) is 0 Å². The first kappa shape index (κ1) is 16.4. The summed E-state index contributed by atoms with van der Waals surface area (Å²) < 4.78 is 26.8. The van der Waals surface area contributed by atoms with Crippen LogP contribution in [0.4, 0.5) is 14.5 Å². The predicted octanol–water partition coefficient (Wildman–Crippen LogP) is 2.58. The quantitative estimate of drug-likeness (QED) is 0.861. The molecule has 1 unspecified atom stereocenters. The maximum Gasteiger partial charge on any atom is 0.242 e. The molecule has 4 nitrogen and oxygen atoms in total. The monoisotopic (exact) mass is 310 g/mol. The van der Waals surface area contributed by atoms with E-state index in [1.54, 1.807) is 4.90 Å². The zero-order valence-corrected chi connectivity index (χ0v) is 12.8. The van der Waals surface area contributed by atoms with E-state index in [-0.39, 0.29) is 18.1 Å². The third kappa shape index (κ3) is 3.81. The van der Waals surface area contributed by atoms with Gasteiger partial charge in [0.15, 0.2) is 0 Å². The summed E-state index contributed by atoms with van der Waals surface area (Å²) in [5.41, 5.74) is -0.0766. The van der Waals surface area contributed by atoms with Crippen LogP contribution in [0.15, 0.2) is 18.2 Å². The molecule has 2 rings (SSSR count). The van der Waals surface area contributed by atoms with E-state index in [0.717, 1.165) is 23.8 Å². The highest BCUT2D eigenvalue weighted by molar-refractivity contribution is 5.97. The lowest BCUT2D eigenvalue weighted by Gasteiger charge is -2.32. The number of hydrogen-bond acceptors (Lipinski definition) is 2. The predicted molar refractivity (Wildman–Crippen MR) is 79.4 cm³/mol. The second kappa shape index (κ2) is 6.85. The number of anilines is 1. The third-order valence-electron chi connectivity index (χ3n) is 3.88. The van der Waals surface area contributed by atoms with Crippen molar-refractivity contribution in [3.05, 3.63) is 29.8 Å². The summed E-state index contributed by atoms with van der Waals surface area (Å²) in [5.74, 6) is -1.82. The second-order valence-corrected chi connectivity index (χ2v) is 5.79. The van der Waals surface area contributed by atoms with Crippen LogP contribution in [0.5, 0.6) is 0 Å². The molecule has 1 aromatic carbocycles.